The summed E-state index contributed by atoms with van der Waals surface area (Å²) in [6.07, 6.45) is 0.472. The minimum atomic E-state index is -0.739. The molecular formula is C34H42N6O9. The number of amides is 6. The number of nitrogens with one attached hydrogen (secondary N) is 3. The first kappa shape index (κ1) is 35.4. The van der Waals surface area contributed by atoms with Gasteiger partial charge >= 0.3 is 6.03 Å². The molecular weight excluding hydrogens is 636 g/mol. The first-order valence-corrected chi connectivity index (χ1v) is 16.4. The Balaban J connectivity index is 0.874. The lowest BCUT2D eigenvalue weighted by atomic mass is 10.0. The molecule has 5 rings (SSSR count). The van der Waals surface area contributed by atoms with E-state index in [2.05, 4.69) is 33.0 Å². The number of carbonyl (C=O) groups is 6. The third kappa shape index (κ3) is 9.84. The number of anilines is 2. The van der Waals surface area contributed by atoms with Crippen molar-refractivity contribution < 1.29 is 43.0 Å². The third-order valence-corrected chi connectivity index (χ3v) is 8.44. The van der Waals surface area contributed by atoms with Gasteiger partial charge in [0.05, 0.1) is 32.8 Å². The number of imide groups is 1. The van der Waals surface area contributed by atoms with E-state index in [4.69, 9.17) is 14.2 Å². The first-order valence-electron chi connectivity index (χ1n) is 16.4. The Morgan fingerprint density at radius 3 is 2.33 bits per heavy atom. The summed E-state index contributed by atoms with van der Waals surface area (Å²) in [5, 5.41) is 7.91. The molecule has 2 saturated heterocycles. The number of hydrogen-bond donors (Lipinski definition) is 3. The molecule has 15 nitrogen and oxygen atoms in total. The maximum Gasteiger partial charge on any atom is 0.317 e. The molecule has 262 valence electrons. The number of piperazine rings is 1. The van der Waals surface area contributed by atoms with E-state index in [0.29, 0.717) is 36.4 Å². The highest BCUT2D eigenvalue weighted by Crippen LogP contribution is 2.32. The topological polar surface area (TPSA) is 176 Å². The number of carbonyl (C=O) groups excluding carboxylic acids is 6. The summed E-state index contributed by atoms with van der Waals surface area (Å²) in [5.41, 5.74) is 2.66. The number of fused-ring (bicyclic) bond motifs is 1. The highest BCUT2D eigenvalue weighted by molar-refractivity contribution is 6.06. The summed E-state index contributed by atoms with van der Waals surface area (Å²) >= 11 is 0. The summed E-state index contributed by atoms with van der Waals surface area (Å²) in [6, 6.07) is 14.2. The molecule has 1 atom stereocenters. The Hall–Kier alpha value is -4.86. The number of benzene rings is 2. The lowest BCUT2D eigenvalue weighted by molar-refractivity contribution is -0.137. The zero-order valence-electron chi connectivity index (χ0n) is 27.3. The van der Waals surface area contributed by atoms with Crippen LogP contribution in [0.15, 0.2) is 48.5 Å². The molecule has 3 heterocycles. The minimum absolute atomic E-state index is 0.0572. The van der Waals surface area contributed by atoms with E-state index >= 15 is 0 Å². The number of nitrogens with zero attached hydrogens (tertiary/aromatic N) is 3. The van der Waals surface area contributed by atoms with E-state index < -0.39 is 11.9 Å². The van der Waals surface area contributed by atoms with Crippen molar-refractivity contribution in [1.82, 2.24) is 20.4 Å². The summed E-state index contributed by atoms with van der Waals surface area (Å²) < 4.78 is 16.1. The highest BCUT2D eigenvalue weighted by Gasteiger charge is 2.40. The molecule has 2 aromatic carbocycles. The SMILES string of the molecule is O=C(COCCNC(=O)N1CCN(c2ccccc2)CC1)COCCOCCC(=O)Nc1cccc2c1CN(C1CCC(=O)NC1=O)C2=O. The van der Waals surface area contributed by atoms with Crippen molar-refractivity contribution in [3.05, 3.63) is 59.7 Å². The fourth-order valence-corrected chi connectivity index (χ4v) is 5.86. The van der Waals surface area contributed by atoms with E-state index in [1.165, 1.54) is 4.90 Å². The number of piperidine rings is 1. The second-order valence-electron chi connectivity index (χ2n) is 11.8. The van der Waals surface area contributed by atoms with Gasteiger partial charge in [0.15, 0.2) is 5.78 Å². The van der Waals surface area contributed by atoms with E-state index in [1.807, 2.05) is 18.2 Å². The molecule has 49 heavy (non-hydrogen) atoms. The van der Waals surface area contributed by atoms with Gasteiger partial charge < -0.3 is 39.5 Å². The lowest BCUT2D eigenvalue weighted by Gasteiger charge is -2.36. The second kappa shape index (κ2) is 17.5. The van der Waals surface area contributed by atoms with Gasteiger partial charge in [-0.25, -0.2) is 4.79 Å². The van der Waals surface area contributed by atoms with Crippen LogP contribution in [0, 0.1) is 0 Å². The van der Waals surface area contributed by atoms with E-state index in [-0.39, 0.29) is 95.0 Å². The van der Waals surface area contributed by atoms with Crippen molar-refractivity contribution in [2.45, 2.75) is 31.8 Å². The molecule has 3 N–H and O–H groups in total. The molecule has 3 aliphatic rings. The Kier molecular flexibility index (Phi) is 12.7. The number of ketones is 1. The Morgan fingerprint density at radius 2 is 1.57 bits per heavy atom. The van der Waals surface area contributed by atoms with Crippen molar-refractivity contribution in [1.29, 1.82) is 0 Å². The van der Waals surface area contributed by atoms with Crippen molar-refractivity contribution in [2.24, 2.45) is 0 Å². The van der Waals surface area contributed by atoms with Crippen LogP contribution >= 0.6 is 0 Å². The molecule has 0 aromatic heterocycles. The molecule has 0 bridgehead atoms. The van der Waals surface area contributed by atoms with Gasteiger partial charge in [0.2, 0.25) is 17.7 Å². The molecule has 3 aliphatic heterocycles. The maximum atomic E-state index is 13.0. The van der Waals surface area contributed by atoms with Crippen LogP contribution in [-0.4, -0.2) is 124 Å². The van der Waals surface area contributed by atoms with Gasteiger partial charge in [0, 0.05) is 68.2 Å². The third-order valence-electron chi connectivity index (χ3n) is 8.44. The molecule has 2 fully saturated rings. The summed E-state index contributed by atoms with van der Waals surface area (Å²) in [5.74, 6) is -1.72. The van der Waals surface area contributed by atoms with Gasteiger partial charge in [-0.1, -0.05) is 24.3 Å². The number of rotatable bonds is 16. The minimum Gasteiger partial charge on any atom is -0.379 e. The predicted octanol–water partition coefficient (Wildman–Crippen LogP) is 0.927. The molecule has 6 amide bonds. The van der Waals surface area contributed by atoms with Gasteiger partial charge in [0.25, 0.3) is 5.91 Å². The lowest BCUT2D eigenvalue weighted by Crippen LogP contribution is -2.52. The van der Waals surface area contributed by atoms with E-state index in [1.54, 1.807) is 23.1 Å². The number of para-hydroxylation sites is 1. The highest BCUT2D eigenvalue weighted by atomic mass is 16.5. The molecule has 2 aromatic rings. The Labute approximate surface area is 284 Å². The average molecular weight is 679 g/mol. The fourth-order valence-electron chi connectivity index (χ4n) is 5.86. The summed E-state index contributed by atoms with van der Waals surface area (Å²) in [6.45, 7) is 3.61. The quantitative estimate of drug-likeness (QED) is 0.171. The number of Topliss-reactive ketones (excluding diaryl/α,β-unsaturated/α-hetero) is 1. The first-order chi connectivity index (χ1) is 23.8. The van der Waals surface area contributed by atoms with Crippen LogP contribution in [-0.2, 0) is 39.9 Å². The average Bonchev–Trinajstić information content (AvgIpc) is 3.44. The summed E-state index contributed by atoms with van der Waals surface area (Å²) in [7, 11) is 0. The largest absolute Gasteiger partial charge is 0.379 e. The number of ether oxygens (including phenoxy) is 3. The maximum absolute atomic E-state index is 13.0. The van der Waals surface area contributed by atoms with Crippen LogP contribution in [0.1, 0.15) is 35.2 Å². The Bertz CT molecular complexity index is 1510. The van der Waals surface area contributed by atoms with Gasteiger partial charge in [-0.3, -0.25) is 29.3 Å². The molecule has 0 saturated carbocycles. The van der Waals surface area contributed by atoms with Gasteiger partial charge in [-0.2, -0.15) is 0 Å². The van der Waals surface area contributed by atoms with Gasteiger partial charge in [0.1, 0.15) is 19.3 Å². The van der Waals surface area contributed by atoms with Crippen LogP contribution in [0.5, 0.6) is 0 Å². The molecule has 0 aliphatic carbocycles. The zero-order valence-corrected chi connectivity index (χ0v) is 27.3. The van der Waals surface area contributed by atoms with Crippen LogP contribution < -0.4 is 20.9 Å². The van der Waals surface area contributed by atoms with Crippen LogP contribution in [0.4, 0.5) is 16.2 Å². The van der Waals surface area contributed by atoms with Crippen LogP contribution in [0.3, 0.4) is 0 Å². The summed E-state index contributed by atoms with van der Waals surface area (Å²) in [4.78, 5) is 79.2. The fraction of sp³-hybridized carbons (Fsp3) is 0.471. The normalized spacial score (nSPS) is 17.5. The van der Waals surface area contributed by atoms with Crippen molar-refractivity contribution >= 4 is 46.8 Å². The van der Waals surface area contributed by atoms with Crippen molar-refractivity contribution in [2.75, 3.05) is 82.6 Å². The van der Waals surface area contributed by atoms with Gasteiger partial charge in [-0.05, 0) is 30.7 Å². The molecule has 1 unspecified atom stereocenters. The van der Waals surface area contributed by atoms with Crippen molar-refractivity contribution in [3.63, 3.8) is 0 Å². The predicted molar refractivity (Wildman–Crippen MR) is 177 cm³/mol. The standard InChI is InChI=1S/C34H42N6O9/c41-25(22-48-18-12-35-34(46)39-15-13-38(14-16-39)24-5-2-1-3-6-24)23-49-20-19-47-17-11-31(43)36-28-8-4-7-26-27(28)21-40(33(26)45)29-9-10-30(42)37-32(29)44/h1-8,29H,9-23H2,(H,35,46)(H,36,43)(H,37,42,44). The van der Waals surface area contributed by atoms with Crippen molar-refractivity contribution in [3.8, 4) is 0 Å². The van der Waals surface area contributed by atoms with Gasteiger partial charge in [-0.15, -0.1) is 0 Å². The second-order valence-corrected chi connectivity index (χ2v) is 11.8. The van der Waals surface area contributed by atoms with E-state index in [0.717, 1.165) is 18.8 Å². The monoisotopic (exact) mass is 678 g/mol. The smallest absolute Gasteiger partial charge is 0.317 e. The van der Waals surface area contributed by atoms with Crippen LogP contribution in [0.2, 0.25) is 0 Å². The number of urea groups is 1. The molecule has 0 radical (unpaired) electrons. The zero-order chi connectivity index (χ0) is 34.6. The molecule has 0 spiro atoms. The van der Waals surface area contributed by atoms with E-state index in [9.17, 15) is 28.8 Å². The van der Waals surface area contributed by atoms with Crippen LogP contribution in [0.25, 0.3) is 0 Å². The molecule has 15 heteroatoms. The Morgan fingerprint density at radius 1 is 0.837 bits per heavy atom. The number of hydrogen-bond acceptors (Lipinski definition) is 10.